The average Bonchev–Trinajstić information content (AvgIpc) is 3.50. The lowest BCUT2D eigenvalue weighted by Gasteiger charge is -2.30. The van der Waals surface area contributed by atoms with Gasteiger partial charge >= 0.3 is 0 Å². The van der Waals surface area contributed by atoms with Gasteiger partial charge in [-0.1, -0.05) is 27.7 Å². The summed E-state index contributed by atoms with van der Waals surface area (Å²) in [6, 6.07) is 1.12. The van der Waals surface area contributed by atoms with E-state index in [4.69, 9.17) is 22.9 Å². The van der Waals surface area contributed by atoms with E-state index in [0.29, 0.717) is 29.5 Å². The third-order valence-corrected chi connectivity index (χ3v) is 8.71. The van der Waals surface area contributed by atoms with Crippen LogP contribution in [-0.4, -0.2) is 82.0 Å². The Hall–Kier alpha value is -4.11. The van der Waals surface area contributed by atoms with Gasteiger partial charge in [0.15, 0.2) is 11.0 Å². The van der Waals surface area contributed by atoms with Gasteiger partial charge in [-0.3, -0.25) is 29.0 Å². The molecule has 246 valence electrons. The highest BCUT2D eigenvalue weighted by atomic mass is 32.1. The highest BCUT2D eigenvalue weighted by Crippen LogP contribution is 2.30. The predicted octanol–water partition coefficient (Wildman–Crippen LogP) is 0.620. The largest absolute Gasteiger partial charge is 0.370 e. The minimum atomic E-state index is -0.890. The summed E-state index contributed by atoms with van der Waals surface area (Å²) in [6.45, 7) is 9.55. The third kappa shape index (κ3) is 8.97. The molecular formula is C30H45N9O5S. The Kier molecular flexibility index (Phi) is 12.0. The number of hydrogen-bond acceptors (Lipinski definition) is 9. The summed E-state index contributed by atoms with van der Waals surface area (Å²) in [5, 5.41) is 5.59. The Balaban J connectivity index is 1.87. The number of amides is 4. The smallest absolute Gasteiger partial charge is 0.251 e. The Morgan fingerprint density at radius 1 is 1.13 bits per heavy atom. The van der Waals surface area contributed by atoms with Crippen LogP contribution < -0.4 is 33.6 Å². The third-order valence-electron chi connectivity index (χ3n) is 7.67. The van der Waals surface area contributed by atoms with Gasteiger partial charge in [0.25, 0.3) is 5.91 Å². The fourth-order valence-corrected chi connectivity index (χ4v) is 6.41. The van der Waals surface area contributed by atoms with E-state index in [-0.39, 0.29) is 59.1 Å². The Labute approximate surface area is 266 Å². The maximum atomic E-state index is 14.0. The van der Waals surface area contributed by atoms with Gasteiger partial charge in [-0.25, -0.2) is 4.98 Å². The second-order valence-electron chi connectivity index (χ2n) is 12.3. The lowest BCUT2D eigenvalue weighted by Crippen LogP contribution is -2.51. The van der Waals surface area contributed by atoms with Crippen molar-refractivity contribution in [1.29, 1.82) is 0 Å². The van der Waals surface area contributed by atoms with Gasteiger partial charge in [-0.2, -0.15) is 0 Å². The Morgan fingerprint density at radius 2 is 1.82 bits per heavy atom. The second kappa shape index (κ2) is 15.3. The van der Waals surface area contributed by atoms with Crippen molar-refractivity contribution in [1.82, 2.24) is 20.5 Å². The van der Waals surface area contributed by atoms with Crippen LogP contribution >= 0.6 is 11.3 Å². The molecule has 10 N–H and O–H groups in total. The van der Waals surface area contributed by atoms with Gasteiger partial charge in [-0.15, -0.1) is 11.3 Å². The monoisotopic (exact) mass is 643 g/mol. The number of primary amides is 1. The minimum absolute atomic E-state index is 0.0782. The molecule has 2 aromatic rings. The molecule has 0 saturated carbocycles. The number of hydrogen-bond donors (Lipinski definition) is 6. The molecule has 3 rings (SSSR count). The number of thiazole rings is 1. The molecule has 0 aliphatic carbocycles. The molecule has 1 saturated heterocycles. The van der Waals surface area contributed by atoms with Crippen LogP contribution in [0.5, 0.6) is 0 Å². The molecule has 1 fully saturated rings. The zero-order chi connectivity index (χ0) is 33.6. The molecule has 1 aliphatic rings. The number of carbonyl (C=O) groups excluding carboxylic acids is 5. The molecule has 14 nitrogen and oxygen atoms in total. The standard InChI is InChI=1S/C30H45N9O5S/c1-14(2)11-18(31)27(43)36-20-12-16(5)39(29(20)44)21(7-6-10-35-30(33)34)24(40)28-37-19-9-8-17(13-22(19)45-28)26(42)38-23(15(3)4)25(32)41/h8-9,13-16,18,20-21,23H,6-7,10-12,31H2,1-5H3,(H2,32,41)(H,36,43)(H,38,42)(H4,33,34,35)/t16?,18-,20-,21-,23-/m0/s1. The lowest BCUT2D eigenvalue weighted by atomic mass is 10.0. The fourth-order valence-electron chi connectivity index (χ4n) is 5.42. The number of ketones is 1. The number of Topliss-reactive ketones (excluding diaryl/α,β-unsaturated/α-hetero) is 1. The van der Waals surface area contributed by atoms with Crippen LogP contribution in [0.1, 0.15) is 80.5 Å². The van der Waals surface area contributed by atoms with Crippen LogP contribution in [0.4, 0.5) is 0 Å². The maximum absolute atomic E-state index is 14.0. The first-order valence-corrected chi connectivity index (χ1v) is 15.9. The van der Waals surface area contributed by atoms with Crippen molar-refractivity contribution in [3.8, 4) is 0 Å². The zero-order valence-electron chi connectivity index (χ0n) is 26.4. The van der Waals surface area contributed by atoms with Crippen LogP contribution in [0.15, 0.2) is 23.2 Å². The predicted molar refractivity (Wildman–Crippen MR) is 173 cm³/mol. The zero-order valence-corrected chi connectivity index (χ0v) is 27.2. The van der Waals surface area contributed by atoms with Crippen molar-refractivity contribution in [3.05, 3.63) is 28.8 Å². The first-order valence-electron chi connectivity index (χ1n) is 15.1. The number of nitrogens with one attached hydrogen (secondary N) is 2. The van der Waals surface area contributed by atoms with Crippen molar-refractivity contribution in [2.24, 2.45) is 39.8 Å². The summed E-state index contributed by atoms with van der Waals surface area (Å²) in [7, 11) is 0. The summed E-state index contributed by atoms with van der Waals surface area (Å²) in [4.78, 5) is 75.1. The second-order valence-corrected chi connectivity index (χ2v) is 13.3. The van der Waals surface area contributed by atoms with Crippen LogP contribution in [0.2, 0.25) is 0 Å². The molecule has 15 heteroatoms. The Morgan fingerprint density at radius 3 is 2.42 bits per heavy atom. The molecule has 0 radical (unpaired) electrons. The highest BCUT2D eigenvalue weighted by Gasteiger charge is 2.44. The van der Waals surface area contributed by atoms with Crippen molar-refractivity contribution in [2.75, 3.05) is 6.54 Å². The molecule has 4 amide bonds. The van der Waals surface area contributed by atoms with E-state index in [9.17, 15) is 24.0 Å². The minimum Gasteiger partial charge on any atom is -0.370 e. The van der Waals surface area contributed by atoms with Gasteiger partial charge in [0.2, 0.25) is 23.5 Å². The molecule has 5 atom stereocenters. The summed E-state index contributed by atoms with van der Waals surface area (Å²) < 4.78 is 0.579. The van der Waals surface area contributed by atoms with E-state index in [1.807, 2.05) is 20.8 Å². The molecule has 0 spiro atoms. The molecular weight excluding hydrogens is 598 g/mol. The number of likely N-dealkylation sites (tertiary alicyclic amines) is 1. The van der Waals surface area contributed by atoms with Crippen LogP contribution in [0.3, 0.4) is 0 Å². The molecule has 0 bridgehead atoms. The molecule has 45 heavy (non-hydrogen) atoms. The number of nitrogens with zero attached hydrogens (tertiary/aromatic N) is 3. The summed E-state index contributed by atoms with van der Waals surface area (Å²) in [5.74, 6) is -2.34. The number of aromatic nitrogens is 1. The Bertz CT molecular complexity index is 1450. The molecule has 1 unspecified atom stereocenters. The molecule has 1 aromatic carbocycles. The van der Waals surface area contributed by atoms with E-state index in [2.05, 4.69) is 20.6 Å². The number of aliphatic imine (C=N–C) groups is 1. The number of fused-ring (bicyclic) bond motifs is 1. The number of carbonyl (C=O) groups is 5. The van der Waals surface area contributed by atoms with Crippen molar-refractivity contribution in [2.45, 2.75) is 90.5 Å². The van der Waals surface area contributed by atoms with Crippen LogP contribution in [0, 0.1) is 11.8 Å². The van der Waals surface area contributed by atoms with Gasteiger partial charge in [0, 0.05) is 18.2 Å². The average molecular weight is 644 g/mol. The molecule has 1 aromatic heterocycles. The SMILES string of the molecule is CC(C)C[C@H](N)C(=O)N[C@H]1CC(C)N([C@@H](CCCN=C(N)N)C(=O)c2nc3ccc(C(=O)N[C@H](C(N)=O)C(C)C)cc3s2)C1=O. The van der Waals surface area contributed by atoms with E-state index < -0.39 is 41.9 Å². The number of rotatable bonds is 15. The fraction of sp³-hybridized carbons (Fsp3) is 0.567. The van der Waals surface area contributed by atoms with Crippen LogP contribution in [-0.2, 0) is 14.4 Å². The van der Waals surface area contributed by atoms with Crippen LogP contribution in [0.25, 0.3) is 10.2 Å². The topological polar surface area (TPSA) is 242 Å². The van der Waals surface area contributed by atoms with Crippen molar-refractivity contribution < 1.29 is 24.0 Å². The quantitative estimate of drug-likeness (QED) is 0.0688. The lowest BCUT2D eigenvalue weighted by molar-refractivity contribution is -0.134. The van der Waals surface area contributed by atoms with Gasteiger partial charge in [0.05, 0.1) is 22.3 Å². The summed E-state index contributed by atoms with van der Waals surface area (Å²) in [5.41, 5.74) is 23.2. The summed E-state index contributed by atoms with van der Waals surface area (Å²) >= 11 is 1.10. The normalized spacial score (nSPS) is 18.6. The number of nitrogens with two attached hydrogens (primary N) is 4. The molecule has 1 aliphatic heterocycles. The maximum Gasteiger partial charge on any atom is 0.251 e. The summed E-state index contributed by atoms with van der Waals surface area (Å²) in [6.07, 6.45) is 1.46. The first kappa shape index (κ1) is 35.4. The molecule has 2 heterocycles. The van der Waals surface area contributed by atoms with Gasteiger partial charge in [-0.05, 0) is 62.6 Å². The first-order chi connectivity index (χ1) is 21.1. The number of benzene rings is 1. The van der Waals surface area contributed by atoms with Gasteiger partial charge in [0.1, 0.15) is 12.1 Å². The van der Waals surface area contributed by atoms with E-state index >= 15 is 0 Å². The van der Waals surface area contributed by atoms with Gasteiger partial charge < -0.3 is 38.5 Å². The van der Waals surface area contributed by atoms with Crippen molar-refractivity contribution >= 4 is 56.9 Å². The highest BCUT2D eigenvalue weighted by molar-refractivity contribution is 7.20. The number of guanidine groups is 1. The van der Waals surface area contributed by atoms with E-state index in [1.54, 1.807) is 32.0 Å². The van der Waals surface area contributed by atoms with E-state index in [0.717, 1.165) is 11.3 Å². The van der Waals surface area contributed by atoms with Crippen molar-refractivity contribution in [3.63, 3.8) is 0 Å². The van der Waals surface area contributed by atoms with E-state index in [1.165, 1.54) is 4.90 Å².